The quantitative estimate of drug-likeness (QED) is 0.679. The highest BCUT2D eigenvalue weighted by molar-refractivity contribution is 9.10. The van der Waals surface area contributed by atoms with Gasteiger partial charge in [-0.2, -0.15) is 0 Å². The second-order valence-corrected chi connectivity index (χ2v) is 6.20. The van der Waals surface area contributed by atoms with Gasteiger partial charge in [-0.25, -0.2) is 0 Å². The van der Waals surface area contributed by atoms with Crippen molar-refractivity contribution >= 4 is 27.7 Å². The van der Waals surface area contributed by atoms with Crippen LogP contribution in [0.1, 0.15) is 37.6 Å². The van der Waals surface area contributed by atoms with Gasteiger partial charge < -0.3 is 15.4 Å². The molecule has 1 heterocycles. The van der Waals surface area contributed by atoms with Crippen molar-refractivity contribution in [3.63, 3.8) is 0 Å². The number of pyridine rings is 1. The van der Waals surface area contributed by atoms with Crippen molar-refractivity contribution in [2.24, 2.45) is 5.41 Å². The van der Waals surface area contributed by atoms with E-state index in [2.05, 4.69) is 47.0 Å². The Kier molecular flexibility index (Phi) is 4.99. The van der Waals surface area contributed by atoms with Gasteiger partial charge in [0.2, 0.25) is 0 Å². The Morgan fingerprint density at radius 2 is 2.16 bits per heavy atom. The van der Waals surface area contributed by atoms with Crippen LogP contribution in [0, 0.1) is 15.5 Å². The van der Waals surface area contributed by atoms with Gasteiger partial charge in [0.15, 0.2) is 6.20 Å². The molecule has 0 saturated carbocycles. The van der Waals surface area contributed by atoms with Crippen LogP contribution in [-0.4, -0.2) is 22.4 Å². The fraction of sp³-hybridized carbons (Fsp3) is 0.500. The molecule has 0 saturated heterocycles. The highest BCUT2D eigenvalue weighted by Gasteiger charge is 2.18. The summed E-state index contributed by atoms with van der Waals surface area (Å²) in [6.07, 6.45) is 2.08. The van der Waals surface area contributed by atoms with Crippen molar-refractivity contribution < 1.29 is 9.72 Å². The third kappa shape index (κ3) is 4.94. The lowest BCUT2D eigenvalue weighted by atomic mass is 9.92. The molecule has 1 aromatic rings. The minimum atomic E-state index is -0.627. The number of carbonyl (C=O) groups is 1. The van der Waals surface area contributed by atoms with Crippen LogP contribution in [0.25, 0.3) is 0 Å². The number of hydrogen-bond acceptors (Lipinski definition) is 4. The van der Waals surface area contributed by atoms with E-state index in [0.717, 1.165) is 12.5 Å². The van der Waals surface area contributed by atoms with Gasteiger partial charge in [0, 0.05) is 12.6 Å². The predicted molar refractivity (Wildman–Crippen MR) is 75.0 cm³/mol. The molecular formula is C12H16BrN3O3. The largest absolute Gasteiger partial charge is 0.364 e. The normalized spacial score (nSPS) is 11.2. The summed E-state index contributed by atoms with van der Waals surface area (Å²) in [5, 5.41) is 13.4. The number of nitrogens with one attached hydrogen (secondary N) is 1. The van der Waals surface area contributed by atoms with Crippen LogP contribution in [-0.2, 0) is 0 Å². The van der Waals surface area contributed by atoms with E-state index in [9.17, 15) is 14.9 Å². The Hall–Kier alpha value is -1.50. The van der Waals surface area contributed by atoms with Gasteiger partial charge in [0.25, 0.3) is 5.91 Å². The fourth-order valence-corrected chi connectivity index (χ4v) is 1.74. The zero-order valence-electron chi connectivity index (χ0n) is 11.1. The maximum absolute atomic E-state index is 11.9. The molecule has 1 rings (SSSR count). The molecule has 19 heavy (non-hydrogen) atoms. The molecule has 0 unspecified atom stereocenters. The molecule has 1 N–H and O–H groups in total. The van der Waals surface area contributed by atoms with E-state index in [4.69, 9.17) is 0 Å². The summed E-state index contributed by atoms with van der Waals surface area (Å²) in [4.78, 5) is 25.6. The van der Waals surface area contributed by atoms with E-state index in [-0.39, 0.29) is 22.7 Å². The number of amides is 1. The van der Waals surface area contributed by atoms with Gasteiger partial charge in [-0.15, -0.1) is 0 Å². The average Bonchev–Trinajstić information content (AvgIpc) is 2.27. The Bertz CT molecular complexity index is 497. The summed E-state index contributed by atoms with van der Waals surface area (Å²) in [5.74, 6) is -0.689. The van der Waals surface area contributed by atoms with Crippen LogP contribution in [0.3, 0.4) is 0 Å². The summed E-state index contributed by atoms with van der Waals surface area (Å²) in [7, 11) is 0. The molecule has 0 fully saturated rings. The van der Waals surface area contributed by atoms with Crippen molar-refractivity contribution in [1.82, 2.24) is 10.3 Å². The Morgan fingerprint density at radius 1 is 1.53 bits per heavy atom. The third-order valence-electron chi connectivity index (χ3n) is 2.43. The Morgan fingerprint density at radius 3 is 2.68 bits per heavy atom. The molecular weight excluding hydrogens is 314 g/mol. The van der Waals surface area contributed by atoms with E-state index in [1.54, 1.807) is 0 Å². The molecule has 0 aliphatic rings. The molecule has 0 aromatic carbocycles. The van der Waals surface area contributed by atoms with Crippen LogP contribution in [0.15, 0.2) is 16.7 Å². The maximum atomic E-state index is 11.9. The standard InChI is InChI=1S/C12H16BrN3O3/c1-12(2,3)4-5-14-11(17)8-6-10(16(18)19)15-7-9(8)13/h6-7H,4-5H2,1-3H3,(H,14,17). The minimum Gasteiger partial charge on any atom is -0.358 e. The lowest BCUT2D eigenvalue weighted by Gasteiger charge is -2.18. The van der Waals surface area contributed by atoms with Crippen LogP contribution >= 0.6 is 15.9 Å². The Balaban J connectivity index is 2.76. The number of nitrogens with zero attached hydrogens (tertiary/aromatic N) is 2. The molecule has 0 atom stereocenters. The zero-order valence-corrected chi connectivity index (χ0v) is 12.7. The van der Waals surface area contributed by atoms with Crippen LogP contribution < -0.4 is 5.32 Å². The summed E-state index contributed by atoms with van der Waals surface area (Å²) in [5.41, 5.74) is 0.338. The smallest absolute Gasteiger partial charge is 0.358 e. The number of carbonyl (C=O) groups excluding carboxylic acids is 1. The first-order valence-corrected chi connectivity index (χ1v) is 6.58. The second-order valence-electron chi connectivity index (χ2n) is 5.35. The number of rotatable bonds is 4. The number of nitro groups is 1. The highest BCUT2D eigenvalue weighted by atomic mass is 79.9. The molecule has 104 valence electrons. The van der Waals surface area contributed by atoms with E-state index in [0.29, 0.717) is 11.0 Å². The van der Waals surface area contributed by atoms with E-state index in [1.807, 2.05) is 0 Å². The minimum absolute atomic E-state index is 0.120. The SMILES string of the molecule is CC(C)(C)CCNC(=O)c1cc([N+](=O)[O-])ncc1Br. The molecule has 0 spiro atoms. The van der Waals surface area contributed by atoms with Gasteiger partial charge in [-0.05, 0) is 37.7 Å². The lowest BCUT2D eigenvalue weighted by molar-refractivity contribution is -0.389. The van der Waals surface area contributed by atoms with Crippen molar-refractivity contribution in [1.29, 1.82) is 0 Å². The third-order valence-corrected chi connectivity index (χ3v) is 3.07. The van der Waals surface area contributed by atoms with E-state index >= 15 is 0 Å². The van der Waals surface area contributed by atoms with Crippen LogP contribution in [0.5, 0.6) is 0 Å². The molecule has 1 amide bonds. The topological polar surface area (TPSA) is 85.1 Å². The second kappa shape index (κ2) is 6.10. The van der Waals surface area contributed by atoms with E-state index < -0.39 is 4.92 Å². The van der Waals surface area contributed by atoms with Gasteiger partial charge in [0.1, 0.15) is 0 Å². The molecule has 0 radical (unpaired) electrons. The maximum Gasteiger partial charge on any atom is 0.364 e. The first-order chi connectivity index (χ1) is 8.70. The summed E-state index contributed by atoms with van der Waals surface area (Å²) < 4.78 is 0.436. The van der Waals surface area contributed by atoms with Crippen molar-refractivity contribution in [3.8, 4) is 0 Å². The molecule has 1 aromatic heterocycles. The lowest BCUT2D eigenvalue weighted by Crippen LogP contribution is -2.27. The molecule has 6 nitrogen and oxygen atoms in total. The van der Waals surface area contributed by atoms with Gasteiger partial charge in [-0.1, -0.05) is 20.8 Å². The monoisotopic (exact) mass is 329 g/mol. The summed E-state index contributed by atoms with van der Waals surface area (Å²) in [6.45, 7) is 6.75. The number of halogens is 1. The van der Waals surface area contributed by atoms with Gasteiger partial charge in [0.05, 0.1) is 10.0 Å². The van der Waals surface area contributed by atoms with Crippen molar-refractivity contribution in [2.45, 2.75) is 27.2 Å². The van der Waals surface area contributed by atoms with Crippen molar-refractivity contribution in [2.75, 3.05) is 6.54 Å². The molecule has 7 heteroatoms. The van der Waals surface area contributed by atoms with Crippen LogP contribution in [0.2, 0.25) is 0 Å². The Labute approximate surface area is 119 Å². The first kappa shape index (κ1) is 15.6. The number of hydrogen-bond donors (Lipinski definition) is 1. The van der Waals surface area contributed by atoms with Crippen molar-refractivity contribution in [3.05, 3.63) is 32.4 Å². The molecule has 0 aliphatic carbocycles. The number of aromatic nitrogens is 1. The van der Waals surface area contributed by atoms with Crippen LogP contribution in [0.4, 0.5) is 5.82 Å². The zero-order chi connectivity index (χ0) is 14.6. The van der Waals surface area contributed by atoms with E-state index in [1.165, 1.54) is 6.20 Å². The van der Waals surface area contributed by atoms with Gasteiger partial charge in [-0.3, -0.25) is 4.79 Å². The predicted octanol–water partition coefficient (Wildman–Crippen LogP) is 2.92. The summed E-state index contributed by atoms with van der Waals surface area (Å²) in [6, 6.07) is 1.16. The molecule has 0 bridgehead atoms. The highest BCUT2D eigenvalue weighted by Crippen LogP contribution is 2.20. The first-order valence-electron chi connectivity index (χ1n) is 5.79. The van der Waals surface area contributed by atoms with Gasteiger partial charge >= 0.3 is 5.82 Å². The molecule has 0 aliphatic heterocycles. The fourth-order valence-electron chi connectivity index (χ4n) is 1.35. The summed E-state index contributed by atoms with van der Waals surface area (Å²) >= 11 is 3.17. The average molecular weight is 330 g/mol.